The lowest BCUT2D eigenvalue weighted by Crippen LogP contribution is -2.16. The molecule has 13 rings (SSSR count). The number of nitrogens with zero attached hydrogens (tertiary/aromatic N) is 3. The van der Waals surface area contributed by atoms with Gasteiger partial charge >= 0.3 is 0 Å². The van der Waals surface area contributed by atoms with Crippen molar-refractivity contribution in [3.8, 4) is 33.8 Å². The Morgan fingerprint density at radius 3 is 2.00 bits per heavy atom. The van der Waals surface area contributed by atoms with Crippen molar-refractivity contribution in [1.29, 1.82) is 0 Å². The predicted octanol–water partition coefficient (Wildman–Crippen LogP) is 15.5. The van der Waals surface area contributed by atoms with Crippen LogP contribution >= 0.6 is 22.7 Å². The molecule has 1 aliphatic heterocycles. The van der Waals surface area contributed by atoms with Crippen LogP contribution in [-0.4, -0.2) is 9.97 Å². The van der Waals surface area contributed by atoms with Gasteiger partial charge in [0.2, 0.25) is 0 Å². The van der Waals surface area contributed by atoms with E-state index in [2.05, 4.69) is 181 Å². The predicted molar refractivity (Wildman–Crippen MR) is 245 cm³/mol. The van der Waals surface area contributed by atoms with Crippen LogP contribution in [-0.2, 0) is 0 Å². The highest BCUT2D eigenvalue weighted by atomic mass is 32.1. The van der Waals surface area contributed by atoms with Crippen molar-refractivity contribution in [2.24, 2.45) is 0 Å². The second kappa shape index (κ2) is 11.8. The van der Waals surface area contributed by atoms with Crippen LogP contribution in [0, 0.1) is 0 Å². The maximum Gasteiger partial charge on any atom is 0.161 e. The standard InChI is InChI=1S/C52H29N3S2/c1-4-16-36-30(11-1)23-26-40-39-19-9-13-31-14-10-20-43(47(31)39)55(50(36)40)34-27-32-12-2-3-15-35(32)42(29-34)52-53-48(51-49(54-52)41-18-6-8-22-45(41)57-51)33-24-25-38-37-17-5-7-21-44(37)56-46(38)28-33/h1-29H. The van der Waals surface area contributed by atoms with Gasteiger partial charge in [-0.1, -0.05) is 140 Å². The third kappa shape index (κ3) is 4.52. The average Bonchev–Trinajstić information content (AvgIpc) is 3.84. The Morgan fingerprint density at radius 1 is 0.421 bits per heavy atom. The van der Waals surface area contributed by atoms with Gasteiger partial charge in [-0.2, -0.15) is 0 Å². The fourth-order valence-electron chi connectivity index (χ4n) is 9.22. The summed E-state index contributed by atoms with van der Waals surface area (Å²) in [4.78, 5) is 13.6. The Hall–Kier alpha value is -6.92. The Kier molecular flexibility index (Phi) is 6.48. The first-order chi connectivity index (χ1) is 28.2. The molecular weight excluding hydrogens is 731 g/mol. The van der Waals surface area contributed by atoms with E-state index in [1.165, 1.54) is 68.9 Å². The largest absolute Gasteiger partial charge is 0.309 e. The second-order valence-corrected chi connectivity index (χ2v) is 17.0. The summed E-state index contributed by atoms with van der Waals surface area (Å²) in [6, 6.07) is 64.2. The van der Waals surface area contributed by atoms with Crippen LogP contribution in [0.3, 0.4) is 0 Å². The molecular formula is C52H29N3S2. The number of hydrogen-bond acceptors (Lipinski definition) is 5. The van der Waals surface area contributed by atoms with Gasteiger partial charge in [0.1, 0.15) is 0 Å². The lowest BCUT2D eigenvalue weighted by Gasteiger charge is -2.35. The fourth-order valence-corrected chi connectivity index (χ4v) is 11.5. The molecule has 12 aromatic rings. The van der Waals surface area contributed by atoms with Crippen LogP contribution in [0.1, 0.15) is 0 Å². The van der Waals surface area contributed by atoms with E-state index in [0.29, 0.717) is 0 Å². The molecule has 0 unspecified atom stereocenters. The number of benzene rings is 9. The van der Waals surface area contributed by atoms with Crippen molar-refractivity contribution in [1.82, 2.24) is 9.97 Å². The first-order valence-electron chi connectivity index (χ1n) is 19.2. The van der Waals surface area contributed by atoms with E-state index < -0.39 is 0 Å². The van der Waals surface area contributed by atoms with Crippen LogP contribution < -0.4 is 4.90 Å². The van der Waals surface area contributed by atoms with Gasteiger partial charge in [0, 0.05) is 63.4 Å². The minimum Gasteiger partial charge on any atom is -0.309 e. The summed E-state index contributed by atoms with van der Waals surface area (Å²) in [5.74, 6) is 0.726. The molecule has 9 aromatic carbocycles. The molecule has 4 heterocycles. The molecule has 57 heavy (non-hydrogen) atoms. The Labute approximate surface area is 335 Å². The average molecular weight is 760 g/mol. The molecule has 3 nitrogen and oxygen atoms in total. The van der Waals surface area contributed by atoms with E-state index in [9.17, 15) is 0 Å². The number of fused-ring (bicyclic) bond motifs is 11. The van der Waals surface area contributed by atoms with Gasteiger partial charge in [0.15, 0.2) is 5.82 Å². The zero-order valence-electron chi connectivity index (χ0n) is 30.4. The smallest absolute Gasteiger partial charge is 0.161 e. The van der Waals surface area contributed by atoms with E-state index in [-0.39, 0.29) is 0 Å². The van der Waals surface area contributed by atoms with E-state index in [1.807, 2.05) is 11.3 Å². The number of anilines is 3. The lowest BCUT2D eigenvalue weighted by molar-refractivity contribution is 1.24. The van der Waals surface area contributed by atoms with Gasteiger partial charge in [0.05, 0.1) is 27.3 Å². The molecule has 0 radical (unpaired) electrons. The monoisotopic (exact) mass is 759 g/mol. The van der Waals surface area contributed by atoms with Crippen molar-refractivity contribution >= 4 is 113 Å². The summed E-state index contributed by atoms with van der Waals surface area (Å²) >= 11 is 3.62. The van der Waals surface area contributed by atoms with Crippen molar-refractivity contribution in [2.75, 3.05) is 4.90 Å². The Morgan fingerprint density at radius 2 is 1.12 bits per heavy atom. The third-order valence-electron chi connectivity index (χ3n) is 11.8. The highest BCUT2D eigenvalue weighted by Gasteiger charge is 2.29. The van der Waals surface area contributed by atoms with Crippen LogP contribution in [0.5, 0.6) is 0 Å². The number of thiophene rings is 2. The quantitative estimate of drug-likeness (QED) is 0.180. The molecule has 0 bridgehead atoms. The lowest BCUT2D eigenvalue weighted by atomic mass is 9.88. The van der Waals surface area contributed by atoms with Gasteiger partial charge in [-0.05, 0) is 63.5 Å². The summed E-state index contributed by atoms with van der Waals surface area (Å²) in [5.41, 5.74) is 10.0. The Balaban J connectivity index is 1.11. The van der Waals surface area contributed by atoms with Crippen LogP contribution in [0.15, 0.2) is 176 Å². The van der Waals surface area contributed by atoms with E-state index in [0.717, 1.165) is 54.7 Å². The Bertz CT molecular complexity index is 3670. The normalized spacial score (nSPS) is 12.5. The first kappa shape index (κ1) is 31.3. The highest BCUT2D eigenvalue weighted by Crippen LogP contribution is 2.54. The SMILES string of the molecule is c1ccc2c(-c3nc(-c4ccc5c(c4)sc4ccccc45)c4sc5ccccc5c4n3)cc(N3c4c(ccc5ccccc45)-c4cccc5cccc3c45)cc2c1. The molecule has 0 saturated carbocycles. The van der Waals surface area contributed by atoms with Gasteiger partial charge in [-0.25, -0.2) is 9.97 Å². The highest BCUT2D eigenvalue weighted by molar-refractivity contribution is 7.26. The maximum absolute atomic E-state index is 5.59. The summed E-state index contributed by atoms with van der Waals surface area (Å²) in [6.07, 6.45) is 0. The maximum atomic E-state index is 5.59. The van der Waals surface area contributed by atoms with Crippen LogP contribution in [0.2, 0.25) is 0 Å². The number of rotatable bonds is 3. The van der Waals surface area contributed by atoms with E-state index in [1.54, 1.807) is 11.3 Å². The van der Waals surface area contributed by atoms with Crippen LogP contribution in [0.25, 0.3) is 107 Å². The third-order valence-corrected chi connectivity index (χ3v) is 14.1. The van der Waals surface area contributed by atoms with Crippen molar-refractivity contribution in [3.05, 3.63) is 176 Å². The summed E-state index contributed by atoms with van der Waals surface area (Å²) in [6.45, 7) is 0. The minimum absolute atomic E-state index is 0.726. The first-order valence-corrected chi connectivity index (χ1v) is 20.9. The summed E-state index contributed by atoms with van der Waals surface area (Å²) in [7, 11) is 0. The second-order valence-electron chi connectivity index (χ2n) is 14.9. The van der Waals surface area contributed by atoms with Crippen molar-refractivity contribution in [2.45, 2.75) is 0 Å². The van der Waals surface area contributed by atoms with E-state index >= 15 is 0 Å². The van der Waals surface area contributed by atoms with Crippen LogP contribution in [0.4, 0.5) is 17.1 Å². The van der Waals surface area contributed by atoms with Crippen molar-refractivity contribution in [3.63, 3.8) is 0 Å². The minimum atomic E-state index is 0.726. The molecule has 0 spiro atoms. The number of aromatic nitrogens is 2. The molecule has 5 heteroatoms. The fraction of sp³-hybridized carbons (Fsp3) is 0. The van der Waals surface area contributed by atoms with Crippen molar-refractivity contribution < 1.29 is 0 Å². The molecule has 0 aliphatic carbocycles. The summed E-state index contributed by atoms with van der Waals surface area (Å²) < 4.78 is 4.89. The van der Waals surface area contributed by atoms with E-state index in [4.69, 9.17) is 9.97 Å². The number of hydrogen-bond donors (Lipinski definition) is 0. The molecule has 0 N–H and O–H groups in total. The molecule has 1 aliphatic rings. The molecule has 0 amide bonds. The molecule has 3 aromatic heterocycles. The zero-order valence-corrected chi connectivity index (χ0v) is 32.0. The van der Waals surface area contributed by atoms with Gasteiger partial charge in [-0.3, -0.25) is 0 Å². The van der Waals surface area contributed by atoms with Gasteiger partial charge in [-0.15, -0.1) is 22.7 Å². The summed E-state index contributed by atoms with van der Waals surface area (Å²) in [5, 5.41) is 10.9. The molecule has 0 fully saturated rings. The van der Waals surface area contributed by atoms with Gasteiger partial charge < -0.3 is 4.90 Å². The molecule has 0 atom stereocenters. The molecule has 0 saturated heterocycles. The van der Waals surface area contributed by atoms with Gasteiger partial charge in [0.25, 0.3) is 0 Å². The zero-order chi connectivity index (χ0) is 37.2. The molecule has 264 valence electrons. The topological polar surface area (TPSA) is 29.0 Å².